The van der Waals surface area contributed by atoms with Gasteiger partial charge in [0.15, 0.2) is 0 Å². The van der Waals surface area contributed by atoms with Crippen molar-refractivity contribution in [1.29, 1.82) is 0 Å². The molecule has 1 aromatic rings. The van der Waals surface area contributed by atoms with Crippen LogP contribution in [0.2, 0.25) is 0 Å². The zero-order chi connectivity index (χ0) is 13.9. The summed E-state index contributed by atoms with van der Waals surface area (Å²) in [6, 6.07) is 3.96. The van der Waals surface area contributed by atoms with Gasteiger partial charge in [-0.1, -0.05) is 0 Å². The molecule has 0 aromatic heterocycles. The molecule has 0 amide bonds. The van der Waals surface area contributed by atoms with Gasteiger partial charge in [-0.3, -0.25) is 9.69 Å². The molecule has 0 aliphatic rings. The molecular weight excluding hydrogens is 234 g/mol. The number of phenolic OH excluding ortho intramolecular Hbond substituents is 2. The number of carboxylic acid groups (broad SMARTS) is 1. The summed E-state index contributed by atoms with van der Waals surface area (Å²) in [6.45, 7) is 5.46. The first-order chi connectivity index (χ1) is 8.32. The molecule has 1 aromatic carbocycles. The first kappa shape index (κ1) is 14.3. The van der Waals surface area contributed by atoms with E-state index in [9.17, 15) is 15.0 Å². The van der Waals surface area contributed by atoms with Crippen LogP contribution in [0.3, 0.4) is 0 Å². The number of nitrogens with zero attached hydrogens (tertiary/aromatic N) is 1. The quantitative estimate of drug-likeness (QED) is 0.699. The van der Waals surface area contributed by atoms with E-state index in [1.807, 2.05) is 13.8 Å². The Kier molecular flexibility index (Phi) is 4.55. The maximum absolute atomic E-state index is 10.8. The number of rotatable bonds is 5. The molecule has 0 bridgehead atoms. The Morgan fingerprint density at radius 2 is 1.89 bits per heavy atom. The fourth-order valence-electron chi connectivity index (χ4n) is 1.98. The van der Waals surface area contributed by atoms with E-state index in [0.29, 0.717) is 5.56 Å². The smallest absolute Gasteiger partial charge is 0.317 e. The lowest BCUT2D eigenvalue weighted by Gasteiger charge is -2.31. The fraction of sp³-hybridized carbons (Fsp3) is 0.462. The number of hydrogen-bond donors (Lipinski definition) is 3. The Hall–Kier alpha value is -1.75. The zero-order valence-corrected chi connectivity index (χ0v) is 10.8. The average Bonchev–Trinajstić information content (AvgIpc) is 2.27. The second-order valence-corrected chi connectivity index (χ2v) is 4.58. The molecule has 0 saturated carbocycles. The highest BCUT2D eigenvalue weighted by molar-refractivity contribution is 5.69. The molecule has 5 heteroatoms. The molecule has 0 saturated heterocycles. The van der Waals surface area contributed by atoms with Gasteiger partial charge in [-0.15, -0.1) is 0 Å². The maximum Gasteiger partial charge on any atom is 0.317 e. The van der Waals surface area contributed by atoms with Gasteiger partial charge in [-0.25, -0.2) is 0 Å². The van der Waals surface area contributed by atoms with Crippen molar-refractivity contribution in [3.8, 4) is 11.5 Å². The van der Waals surface area contributed by atoms with Crippen molar-refractivity contribution in [2.45, 2.75) is 32.9 Å². The first-order valence-electron chi connectivity index (χ1n) is 5.82. The minimum Gasteiger partial charge on any atom is -0.508 e. The van der Waals surface area contributed by atoms with Crippen LogP contribution in [0.15, 0.2) is 18.2 Å². The number of carbonyl (C=O) groups is 1. The van der Waals surface area contributed by atoms with Crippen LogP contribution in [-0.4, -0.2) is 38.8 Å². The van der Waals surface area contributed by atoms with Gasteiger partial charge in [-0.2, -0.15) is 0 Å². The highest BCUT2D eigenvalue weighted by atomic mass is 16.4. The van der Waals surface area contributed by atoms with Crippen molar-refractivity contribution in [2.24, 2.45) is 0 Å². The molecule has 0 heterocycles. The minimum absolute atomic E-state index is 0.0119. The Bertz CT molecular complexity index is 431. The van der Waals surface area contributed by atoms with Crippen LogP contribution in [-0.2, 0) is 4.79 Å². The molecule has 1 atom stereocenters. The summed E-state index contributed by atoms with van der Waals surface area (Å²) >= 11 is 0. The molecule has 3 N–H and O–H groups in total. The molecule has 0 spiro atoms. The van der Waals surface area contributed by atoms with E-state index < -0.39 is 5.97 Å². The van der Waals surface area contributed by atoms with Gasteiger partial charge >= 0.3 is 5.97 Å². The van der Waals surface area contributed by atoms with E-state index in [-0.39, 0.29) is 30.1 Å². The maximum atomic E-state index is 10.8. The Labute approximate surface area is 106 Å². The molecule has 0 aliphatic carbocycles. The second-order valence-electron chi connectivity index (χ2n) is 4.58. The predicted octanol–water partition coefficient (Wildman–Crippen LogP) is 1.95. The van der Waals surface area contributed by atoms with Crippen LogP contribution >= 0.6 is 0 Å². The fourth-order valence-corrected chi connectivity index (χ4v) is 1.98. The van der Waals surface area contributed by atoms with Crippen molar-refractivity contribution in [3.63, 3.8) is 0 Å². The van der Waals surface area contributed by atoms with Crippen molar-refractivity contribution in [1.82, 2.24) is 4.90 Å². The first-order valence-corrected chi connectivity index (χ1v) is 5.82. The summed E-state index contributed by atoms with van der Waals surface area (Å²) in [6.07, 6.45) is 0. The van der Waals surface area contributed by atoms with Crippen molar-refractivity contribution < 1.29 is 20.1 Å². The molecule has 18 heavy (non-hydrogen) atoms. The molecule has 5 nitrogen and oxygen atoms in total. The SMILES string of the molecule is CC(C)N(CC(=O)O)C(C)c1cc(O)ccc1O. The Morgan fingerprint density at radius 1 is 1.28 bits per heavy atom. The molecule has 100 valence electrons. The molecule has 1 rings (SSSR count). The molecule has 0 radical (unpaired) electrons. The van der Waals surface area contributed by atoms with Gasteiger partial charge in [0.05, 0.1) is 6.54 Å². The monoisotopic (exact) mass is 253 g/mol. The standard InChI is InChI=1S/C13H19NO4/c1-8(2)14(7-13(17)18)9(3)11-6-10(15)4-5-12(11)16/h4-6,8-9,15-16H,7H2,1-3H3,(H,17,18). The van der Waals surface area contributed by atoms with Gasteiger partial charge in [-0.05, 0) is 39.0 Å². The second kappa shape index (κ2) is 5.73. The summed E-state index contributed by atoms with van der Waals surface area (Å²) in [7, 11) is 0. The van der Waals surface area contributed by atoms with Crippen LogP contribution < -0.4 is 0 Å². The van der Waals surface area contributed by atoms with Gasteiger partial charge in [0.1, 0.15) is 11.5 Å². The lowest BCUT2D eigenvalue weighted by atomic mass is 10.0. The predicted molar refractivity (Wildman–Crippen MR) is 67.7 cm³/mol. The lowest BCUT2D eigenvalue weighted by Crippen LogP contribution is -2.37. The van der Waals surface area contributed by atoms with Crippen molar-refractivity contribution >= 4 is 5.97 Å². The van der Waals surface area contributed by atoms with Crippen molar-refractivity contribution in [3.05, 3.63) is 23.8 Å². The summed E-state index contributed by atoms with van der Waals surface area (Å²) < 4.78 is 0. The van der Waals surface area contributed by atoms with E-state index in [1.54, 1.807) is 11.8 Å². The third kappa shape index (κ3) is 3.37. The molecule has 0 fully saturated rings. The zero-order valence-electron chi connectivity index (χ0n) is 10.8. The number of carboxylic acids is 1. The van der Waals surface area contributed by atoms with Crippen LogP contribution in [0.25, 0.3) is 0 Å². The van der Waals surface area contributed by atoms with E-state index >= 15 is 0 Å². The third-order valence-corrected chi connectivity index (χ3v) is 2.94. The third-order valence-electron chi connectivity index (χ3n) is 2.94. The van der Waals surface area contributed by atoms with Crippen LogP contribution in [0.4, 0.5) is 0 Å². The van der Waals surface area contributed by atoms with Crippen molar-refractivity contribution in [2.75, 3.05) is 6.54 Å². The normalized spacial score (nSPS) is 12.9. The van der Waals surface area contributed by atoms with E-state index in [0.717, 1.165) is 0 Å². The van der Waals surface area contributed by atoms with E-state index in [4.69, 9.17) is 5.11 Å². The van der Waals surface area contributed by atoms with Crippen LogP contribution in [0.5, 0.6) is 11.5 Å². The highest BCUT2D eigenvalue weighted by Gasteiger charge is 2.23. The van der Waals surface area contributed by atoms with Crippen LogP contribution in [0.1, 0.15) is 32.4 Å². The molecule has 0 aliphatic heterocycles. The van der Waals surface area contributed by atoms with Gasteiger partial charge in [0.25, 0.3) is 0 Å². The summed E-state index contributed by atoms with van der Waals surface area (Å²) in [5.41, 5.74) is 0.518. The Balaban J connectivity index is 3.04. The molecular formula is C13H19NO4. The Morgan fingerprint density at radius 3 is 2.39 bits per heavy atom. The number of benzene rings is 1. The summed E-state index contributed by atoms with van der Waals surface area (Å²) in [5, 5.41) is 28.1. The van der Waals surface area contributed by atoms with Gasteiger partial charge in [0, 0.05) is 17.6 Å². The van der Waals surface area contributed by atoms with Crippen LogP contribution in [0, 0.1) is 0 Å². The number of phenols is 2. The summed E-state index contributed by atoms with van der Waals surface area (Å²) in [5.74, 6) is -0.819. The number of aliphatic carboxylic acids is 1. The highest BCUT2D eigenvalue weighted by Crippen LogP contribution is 2.32. The largest absolute Gasteiger partial charge is 0.508 e. The molecule has 1 unspecified atom stereocenters. The lowest BCUT2D eigenvalue weighted by molar-refractivity contribution is -0.139. The minimum atomic E-state index is -0.921. The van der Waals surface area contributed by atoms with Gasteiger partial charge in [0.2, 0.25) is 0 Å². The topological polar surface area (TPSA) is 81.0 Å². The van der Waals surface area contributed by atoms with E-state index in [2.05, 4.69) is 0 Å². The summed E-state index contributed by atoms with van der Waals surface area (Å²) in [4.78, 5) is 12.6. The van der Waals surface area contributed by atoms with Gasteiger partial charge < -0.3 is 15.3 Å². The number of hydrogen-bond acceptors (Lipinski definition) is 4. The van der Waals surface area contributed by atoms with E-state index in [1.165, 1.54) is 18.2 Å². The number of aromatic hydroxyl groups is 2. The average molecular weight is 253 g/mol.